The van der Waals surface area contributed by atoms with E-state index in [1.54, 1.807) is 68.4 Å². The highest BCUT2D eigenvalue weighted by Gasteiger charge is 2.28. The molecule has 2 N–H and O–H groups in total. The molecule has 0 radical (unpaired) electrons. The maximum Gasteiger partial charge on any atom is 0.343 e. The van der Waals surface area contributed by atoms with Crippen LogP contribution in [-0.2, 0) is 9.53 Å². The highest BCUT2D eigenvalue weighted by atomic mass is 16.6. The summed E-state index contributed by atoms with van der Waals surface area (Å²) in [6, 6.07) is 14.4. The van der Waals surface area contributed by atoms with Crippen LogP contribution in [0, 0.1) is 0 Å². The van der Waals surface area contributed by atoms with E-state index in [0.29, 0.717) is 24.5 Å². The molecule has 7 nitrogen and oxygen atoms in total. The zero-order valence-corrected chi connectivity index (χ0v) is 15.2. The van der Waals surface area contributed by atoms with Gasteiger partial charge in [-0.25, -0.2) is 9.59 Å². The van der Waals surface area contributed by atoms with Crippen LogP contribution >= 0.6 is 0 Å². The van der Waals surface area contributed by atoms with Crippen LogP contribution in [0.5, 0.6) is 5.75 Å². The number of benzene rings is 2. The molecule has 2 aromatic rings. The first kappa shape index (κ1) is 20.0. The number of para-hydroxylation sites is 1. The Labute approximate surface area is 157 Å². The lowest BCUT2D eigenvalue weighted by Gasteiger charge is -2.18. The summed E-state index contributed by atoms with van der Waals surface area (Å²) in [6.07, 6.45) is -1.28. The van der Waals surface area contributed by atoms with E-state index in [0.717, 1.165) is 0 Å². The predicted molar refractivity (Wildman–Crippen MR) is 99.4 cm³/mol. The van der Waals surface area contributed by atoms with Gasteiger partial charge in [0, 0.05) is 12.1 Å². The fourth-order valence-electron chi connectivity index (χ4n) is 2.37. The molecule has 0 bridgehead atoms. The normalized spacial score (nSPS) is 11.2. The molecular weight excluding hydrogens is 348 g/mol. The van der Waals surface area contributed by atoms with Crippen molar-refractivity contribution in [3.8, 4) is 5.75 Å². The van der Waals surface area contributed by atoms with E-state index in [4.69, 9.17) is 9.47 Å². The van der Waals surface area contributed by atoms with Gasteiger partial charge in [0.1, 0.15) is 11.3 Å². The second kappa shape index (κ2) is 9.96. The topological polar surface area (TPSA) is 93.7 Å². The first-order chi connectivity index (χ1) is 13.1. The summed E-state index contributed by atoms with van der Waals surface area (Å²) in [5, 5.41) is 4.64. The van der Waals surface area contributed by atoms with Gasteiger partial charge in [-0.05, 0) is 26.0 Å². The van der Waals surface area contributed by atoms with Crippen LogP contribution in [0.2, 0.25) is 0 Å². The Morgan fingerprint density at radius 2 is 1.63 bits per heavy atom. The Morgan fingerprint density at radius 3 is 2.30 bits per heavy atom. The molecule has 7 heteroatoms. The molecule has 1 atom stereocenters. The lowest BCUT2D eigenvalue weighted by molar-refractivity contribution is -0.129. The molecular formula is C20H22N2O5. The molecule has 0 aliphatic heterocycles. The van der Waals surface area contributed by atoms with Gasteiger partial charge in [-0.3, -0.25) is 10.1 Å². The van der Waals surface area contributed by atoms with Crippen LogP contribution in [0.1, 0.15) is 35.9 Å². The fraction of sp³-hybridized carbons (Fsp3) is 0.250. The SMILES string of the molecule is CCNC(=O)NC(=O)[C@@H](OC(=O)c1ccccc1OCC)c1ccccc1. The van der Waals surface area contributed by atoms with E-state index in [2.05, 4.69) is 10.6 Å². The molecule has 142 valence electrons. The average molecular weight is 370 g/mol. The highest BCUT2D eigenvalue weighted by Crippen LogP contribution is 2.24. The molecule has 0 unspecified atom stereocenters. The number of hydrogen-bond donors (Lipinski definition) is 2. The molecule has 2 rings (SSSR count). The number of carbonyl (C=O) groups excluding carboxylic acids is 3. The molecule has 0 spiro atoms. The van der Waals surface area contributed by atoms with Crippen LogP contribution in [0.15, 0.2) is 54.6 Å². The highest BCUT2D eigenvalue weighted by molar-refractivity contribution is 5.99. The average Bonchev–Trinajstić information content (AvgIpc) is 2.67. The molecule has 0 heterocycles. The van der Waals surface area contributed by atoms with Crippen molar-refractivity contribution >= 4 is 17.9 Å². The number of urea groups is 1. The van der Waals surface area contributed by atoms with Crippen molar-refractivity contribution in [2.75, 3.05) is 13.2 Å². The first-order valence-electron chi connectivity index (χ1n) is 8.63. The second-order valence-electron chi connectivity index (χ2n) is 5.47. The largest absolute Gasteiger partial charge is 0.493 e. The van der Waals surface area contributed by atoms with E-state index >= 15 is 0 Å². The third-order valence-corrected chi connectivity index (χ3v) is 3.55. The van der Waals surface area contributed by atoms with Crippen molar-refractivity contribution in [3.05, 3.63) is 65.7 Å². The predicted octanol–water partition coefficient (Wildman–Crippen LogP) is 2.83. The van der Waals surface area contributed by atoms with Gasteiger partial charge >= 0.3 is 12.0 Å². The minimum absolute atomic E-state index is 0.200. The summed E-state index contributed by atoms with van der Waals surface area (Å²) in [5.41, 5.74) is 0.646. The molecule has 0 saturated carbocycles. The van der Waals surface area contributed by atoms with Gasteiger partial charge in [0.25, 0.3) is 5.91 Å². The molecule has 0 aliphatic rings. The Kier molecular flexibility index (Phi) is 7.37. The van der Waals surface area contributed by atoms with Gasteiger partial charge < -0.3 is 14.8 Å². The van der Waals surface area contributed by atoms with Crippen LogP contribution in [0.4, 0.5) is 4.79 Å². The number of hydrogen-bond acceptors (Lipinski definition) is 5. The van der Waals surface area contributed by atoms with Crippen molar-refractivity contribution in [2.45, 2.75) is 20.0 Å². The van der Waals surface area contributed by atoms with E-state index in [1.807, 2.05) is 0 Å². The lowest BCUT2D eigenvalue weighted by Crippen LogP contribution is -2.42. The maximum atomic E-state index is 12.7. The fourth-order valence-corrected chi connectivity index (χ4v) is 2.37. The van der Waals surface area contributed by atoms with Crippen LogP contribution < -0.4 is 15.4 Å². The molecule has 2 aromatic carbocycles. The first-order valence-corrected chi connectivity index (χ1v) is 8.63. The van der Waals surface area contributed by atoms with E-state index in [-0.39, 0.29) is 5.56 Å². The maximum absolute atomic E-state index is 12.7. The third kappa shape index (κ3) is 5.57. The standard InChI is InChI=1S/C20H22N2O5/c1-3-21-20(25)22-18(23)17(14-10-6-5-7-11-14)27-19(24)15-12-8-9-13-16(15)26-4-2/h5-13,17H,3-4H2,1-2H3,(H2,21,22,23,25)/t17-/m0/s1. The summed E-state index contributed by atoms with van der Waals surface area (Å²) in [5.74, 6) is -1.10. The molecule has 0 saturated heterocycles. The summed E-state index contributed by atoms with van der Waals surface area (Å²) in [6.45, 7) is 4.26. The minimum atomic E-state index is -1.28. The minimum Gasteiger partial charge on any atom is -0.493 e. The van der Waals surface area contributed by atoms with E-state index in [9.17, 15) is 14.4 Å². The number of ether oxygens (including phenoxy) is 2. The number of carbonyl (C=O) groups is 3. The van der Waals surface area contributed by atoms with Crippen LogP contribution in [-0.4, -0.2) is 31.1 Å². The van der Waals surface area contributed by atoms with Crippen LogP contribution in [0.25, 0.3) is 0 Å². The van der Waals surface area contributed by atoms with Gasteiger partial charge in [-0.2, -0.15) is 0 Å². The van der Waals surface area contributed by atoms with E-state index in [1.165, 1.54) is 0 Å². The number of amides is 3. The molecule has 0 aromatic heterocycles. The number of imide groups is 1. The molecule has 0 aliphatic carbocycles. The Balaban J connectivity index is 2.25. The number of rotatable bonds is 7. The lowest BCUT2D eigenvalue weighted by atomic mass is 10.1. The van der Waals surface area contributed by atoms with Gasteiger partial charge in [-0.1, -0.05) is 42.5 Å². The van der Waals surface area contributed by atoms with Crippen molar-refractivity contribution in [3.63, 3.8) is 0 Å². The Hall–Kier alpha value is -3.35. The summed E-state index contributed by atoms with van der Waals surface area (Å²) in [7, 11) is 0. The van der Waals surface area contributed by atoms with E-state index < -0.39 is 24.0 Å². The van der Waals surface area contributed by atoms with Crippen LogP contribution in [0.3, 0.4) is 0 Å². The third-order valence-electron chi connectivity index (χ3n) is 3.55. The summed E-state index contributed by atoms with van der Waals surface area (Å²) in [4.78, 5) is 36.9. The second-order valence-corrected chi connectivity index (χ2v) is 5.47. The number of esters is 1. The zero-order chi connectivity index (χ0) is 19.6. The van der Waals surface area contributed by atoms with Crippen molar-refractivity contribution < 1.29 is 23.9 Å². The molecule has 27 heavy (non-hydrogen) atoms. The summed E-state index contributed by atoms with van der Waals surface area (Å²) >= 11 is 0. The smallest absolute Gasteiger partial charge is 0.343 e. The van der Waals surface area contributed by atoms with Gasteiger partial charge in [0.15, 0.2) is 0 Å². The monoisotopic (exact) mass is 370 g/mol. The van der Waals surface area contributed by atoms with Crippen molar-refractivity contribution in [2.24, 2.45) is 0 Å². The quantitative estimate of drug-likeness (QED) is 0.731. The zero-order valence-electron chi connectivity index (χ0n) is 15.2. The van der Waals surface area contributed by atoms with Gasteiger partial charge in [0.2, 0.25) is 6.10 Å². The Morgan fingerprint density at radius 1 is 0.963 bits per heavy atom. The summed E-state index contributed by atoms with van der Waals surface area (Å²) < 4.78 is 10.9. The van der Waals surface area contributed by atoms with Crippen molar-refractivity contribution in [1.29, 1.82) is 0 Å². The van der Waals surface area contributed by atoms with Gasteiger partial charge in [-0.15, -0.1) is 0 Å². The number of nitrogens with one attached hydrogen (secondary N) is 2. The van der Waals surface area contributed by atoms with Crippen molar-refractivity contribution in [1.82, 2.24) is 10.6 Å². The Bertz CT molecular complexity index is 792. The molecule has 3 amide bonds. The van der Waals surface area contributed by atoms with Gasteiger partial charge in [0.05, 0.1) is 6.61 Å². The molecule has 0 fully saturated rings.